The van der Waals surface area contributed by atoms with E-state index in [1.807, 2.05) is 42.5 Å². The van der Waals surface area contributed by atoms with Gasteiger partial charge in [0.05, 0.1) is 12.0 Å². The molecule has 0 aliphatic carbocycles. The first-order valence-electron chi connectivity index (χ1n) is 7.52. The molecule has 0 amide bonds. The molecular formula is C19H15ClN2O3. The second-order valence-electron chi connectivity index (χ2n) is 5.35. The Morgan fingerprint density at radius 2 is 1.72 bits per heavy atom. The Labute approximate surface area is 150 Å². The number of benzene rings is 3. The number of halogens is 1. The smallest absolute Gasteiger partial charge is 0.269 e. The molecule has 3 aromatic carbocycles. The van der Waals surface area contributed by atoms with E-state index in [1.54, 1.807) is 19.2 Å². The van der Waals surface area contributed by atoms with Crippen LogP contribution in [0.3, 0.4) is 0 Å². The molecule has 126 valence electrons. The first-order valence-corrected chi connectivity index (χ1v) is 7.90. The summed E-state index contributed by atoms with van der Waals surface area (Å²) >= 11 is 6.09. The lowest BCUT2D eigenvalue weighted by atomic mass is 10.0. The zero-order valence-electron chi connectivity index (χ0n) is 13.4. The molecule has 0 fully saturated rings. The molecule has 0 bridgehead atoms. The summed E-state index contributed by atoms with van der Waals surface area (Å²) in [4.78, 5) is 10.3. The van der Waals surface area contributed by atoms with Crippen molar-refractivity contribution in [3.05, 3.63) is 81.9 Å². The Kier molecular flexibility index (Phi) is 4.86. The third kappa shape index (κ3) is 3.89. The van der Waals surface area contributed by atoms with Crippen molar-refractivity contribution in [1.29, 1.82) is 0 Å². The third-order valence-corrected chi connectivity index (χ3v) is 3.94. The van der Waals surface area contributed by atoms with Crippen molar-refractivity contribution in [3.63, 3.8) is 0 Å². The zero-order chi connectivity index (χ0) is 17.8. The van der Waals surface area contributed by atoms with Gasteiger partial charge >= 0.3 is 0 Å². The molecule has 1 N–H and O–H groups in total. The van der Waals surface area contributed by atoms with Gasteiger partial charge in [-0.05, 0) is 48.0 Å². The summed E-state index contributed by atoms with van der Waals surface area (Å²) in [6, 6.07) is 19.5. The molecular weight excluding hydrogens is 340 g/mol. The Morgan fingerprint density at radius 1 is 1.00 bits per heavy atom. The number of anilines is 2. The van der Waals surface area contributed by atoms with Gasteiger partial charge in [-0.1, -0.05) is 23.7 Å². The van der Waals surface area contributed by atoms with E-state index in [-0.39, 0.29) is 5.69 Å². The van der Waals surface area contributed by atoms with Crippen LogP contribution in [-0.4, -0.2) is 12.0 Å². The normalized spacial score (nSPS) is 10.3. The Hall–Kier alpha value is -3.05. The van der Waals surface area contributed by atoms with Crippen molar-refractivity contribution < 1.29 is 9.66 Å². The highest BCUT2D eigenvalue weighted by molar-refractivity contribution is 6.30. The number of nitrogens with zero attached hydrogens (tertiary/aromatic N) is 1. The summed E-state index contributed by atoms with van der Waals surface area (Å²) in [6.45, 7) is 0. The molecule has 5 nitrogen and oxygen atoms in total. The van der Waals surface area contributed by atoms with E-state index in [0.29, 0.717) is 5.02 Å². The predicted octanol–water partition coefficient (Wildman–Crippen LogP) is 5.67. The van der Waals surface area contributed by atoms with E-state index in [0.717, 1.165) is 28.3 Å². The Morgan fingerprint density at radius 3 is 2.36 bits per heavy atom. The summed E-state index contributed by atoms with van der Waals surface area (Å²) in [5.74, 6) is 0.733. The van der Waals surface area contributed by atoms with E-state index in [4.69, 9.17) is 16.3 Å². The van der Waals surface area contributed by atoms with Crippen LogP contribution in [0.15, 0.2) is 66.7 Å². The van der Waals surface area contributed by atoms with Crippen LogP contribution in [0.1, 0.15) is 0 Å². The molecule has 0 spiro atoms. The van der Waals surface area contributed by atoms with Gasteiger partial charge in [0.15, 0.2) is 0 Å². The summed E-state index contributed by atoms with van der Waals surface area (Å²) in [5.41, 5.74) is 3.49. The van der Waals surface area contributed by atoms with Crippen LogP contribution in [0.4, 0.5) is 17.1 Å². The molecule has 0 radical (unpaired) electrons. The zero-order valence-corrected chi connectivity index (χ0v) is 14.2. The van der Waals surface area contributed by atoms with Crippen molar-refractivity contribution in [2.24, 2.45) is 0 Å². The van der Waals surface area contributed by atoms with Crippen molar-refractivity contribution >= 4 is 28.7 Å². The maximum atomic E-state index is 10.7. The molecule has 0 saturated carbocycles. The van der Waals surface area contributed by atoms with Gasteiger partial charge in [0.2, 0.25) is 0 Å². The first-order chi connectivity index (χ1) is 12.1. The fourth-order valence-electron chi connectivity index (χ4n) is 2.50. The summed E-state index contributed by atoms with van der Waals surface area (Å²) in [5, 5.41) is 14.6. The first kappa shape index (κ1) is 16.8. The molecule has 0 aliphatic heterocycles. The van der Waals surface area contributed by atoms with Gasteiger partial charge < -0.3 is 10.1 Å². The lowest BCUT2D eigenvalue weighted by Crippen LogP contribution is -1.94. The van der Waals surface area contributed by atoms with Crippen molar-refractivity contribution in [1.82, 2.24) is 0 Å². The van der Waals surface area contributed by atoms with Gasteiger partial charge in [0.25, 0.3) is 5.69 Å². The van der Waals surface area contributed by atoms with Crippen LogP contribution in [0.5, 0.6) is 5.75 Å². The Balaban J connectivity index is 1.92. The van der Waals surface area contributed by atoms with E-state index in [9.17, 15) is 10.1 Å². The maximum Gasteiger partial charge on any atom is 0.269 e. The van der Waals surface area contributed by atoms with Crippen LogP contribution in [0.2, 0.25) is 5.02 Å². The number of rotatable bonds is 5. The monoisotopic (exact) mass is 354 g/mol. The molecule has 25 heavy (non-hydrogen) atoms. The van der Waals surface area contributed by atoms with Crippen LogP contribution in [-0.2, 0) is 0 Å². The minimum Gasteiger partial charge on any atom is -0.496 e. The topological polar surface area (TPSA) is 64.4 Å². The van der Waals surface area contributed by atoms with Gasteiger partial charge in [0.1, 0.15) is 5.75 Å². The van der Waals surface area contributed by atoms with Crippen molar-refractivity contribution in [2.75, 3.05) is 12.4 Å². The second kappa shape index (κ2) is 7.23. The largest absolute Gasteiger partial charge is 0.496 e. The van der Waals surface area contributed by atoms with Gasteiger partial charge in [-0.25, -0.2) is 0 Å². The molecule has 0 heterocycles. The quantitative estimate of drug-likeness (QED) is 0.473. The molecule has 0 atom stereocenters. The number of methoxy groups -OCH3 is 1. The van der Waals surface area contributed by atoms with E-state index in [2.05, 4.69) is 5.32 Å². The average Bonchev–Trinajstić information content (AvgIpc) is 2.62. The number of nitrogens with one attached hydrogen (secondary N) is 1. The van der Waals surface area contributed by atoms with Crippen LogP contribution >= 0.6 is 11.6 Å². The SMILES string of the molecule is COc1ccc(Nc2ccc([N+](=O)[O-])cc2)cc1-c1cccc(Cl)c1. The minimum absolute atomic E-state index is 0.0555. The molecule has 0 unspecified atom stereocenters. The molecule has 0 aromatic heterocycles. The van der Waals surface area contributed by atoms with E-state index < -0.39 is 4.92 Å². The summed E-state index contributed by atoms with van der Waals surface area (Å²) in [7, 11) is 1.62. The van der Waals surface area contributed by atoms with Gasteiger partial charge in [-0.15, -0.1) is 0 Å². The average molecular weight is 355 g/mol. The number of hydrogen-bond acceptors (Lipinski definition) is 4. The molecule has 3 rings (SSSR count). The van der Waals surface area contributed by atoms with Crippen LogP contribution in [0.25, 0.3) is 11.1 Å². The third-order valence-electron chi connectivity index (χ3n) is 3.70. The summed E-state index contributed by atoms with van der Waals surface area (Å²) < 4.78 is 5.44. The highest BCUT2D eigenvalue weighted by Crippen LogP contribution is 2.34. The van der Waals surface area contributed by atoms with Crippen molar-refractivity contribution in [3.8, 4) is 16.9 Å². The lowest BCUT2D eigenvalue weighted by Gasteiger charge is -2.13. The van der Waals surface area contributed by atoms with Crippen molar-refractivity contribution in [2.45, 2.75) is 0 Å². The highest BCUT2D eigenvalue weighted by Gasteiger charge is 2.09. The van der Waals surface area contributed by atoms with E-state index >= 15 is 0 Å². The fraction of sp³-hybridized carbons (Fsp3) is 0.0526. The lowest BCUT2D eigenvalue weighted by molar-refractivity contribution is -0.384. The molecule has 0 aliphatic rings. The molecule has 6 heteroatoms. The number of nitro benzene ring substituents is 1. The molecule has 3 aromatic rings. The fourth-order valence-corrected chi connectivity index (χ4v) is 2.69. The predicted molar refractivity (Wildman–Crippen MR) is 99.8 cm³/mol. The van der Waals surface area contributed by atoms with Gasteiger partial charge in [0, 0.05) is 34.1 Å². The number of ether oxygens (including phenoxy) is 1. The molecule has 0 saturated heterocycles. The standard InChI is InChI=1S/C19H15ClN2O3/c1-25-19-10-7-16(12-18(19)13-3-2-4-14(20)11-13)21-15-5-8-17(9-6-15)22(23)24/h2-12,21H,1H3. The Bertz CT molecular complexity index is 911. The van der Waals surface area contributed by atoms with E-state index in [1.165, 1.54) is 12.1 Å². The maximum absolute atomic E-state index is 10.7. The second-order valence-corrected chi connectivity index (χ2v) is 5.79. The number of hydrogen-bond donors (Lipinski definition) is 1. The van der Waals surface area contributed by atoms with Gasteiger partial charge in [-0.2, -0.15) is 0 Å². The summed E-state index contributed by atoms with van der Waals surface area (Å²) in [6.07, 6.45) is 0. The minimum atomic E-state index is -0.422. The highest BCUT2D eigenvalue weighted by atomic mass is 35.5. The van der Waals surface area contributed by atoms with Crippen LogP contribution in [0, 0.1) is 10.1 Å². The number of nitro groups is 1. The number of non-ortho nitro benzene ring substituents is 1. The van der Waals surface area contributed by atoms with Gasteiger partial charge in [-0.3, -0.25) is 10.1 Å². The van der Waals surface area contributed by atoms with Crippen LogP contribution < -0.4 is 10.1 Å².